The number of rotatable bonds is 1. The van der Waals surface area contributed by atoms with Gasteiger partial charge < -0.3 is 9.84 Å². The molecule has 10 heavy (non-hydrogen) atoms. The van der Waals surface area contributed by atoms with E-state index in [4.69, 9.17) is 5.11 Å². The summed E-state index contributed by atoms with van der Waals surface area (Å²) >= 11 is 0. The molecule has 0 amide bonds. The Morgan fingerprint density at radius 1 is 1.30 bits per heavy atom. The molecule has 0 aromatic heterocycles. The van der Waals surface area contributed by atoms with Crippen LogP contribution in [-0.4, -0.2) is 17.4 Å². The predicted molar refractivity (Wildman–Crippen MR) is 36.0 cm³/mol. The molecule has 1 N–H and O–H groups in total. The second kappa shape index (κ2) is 3.44. The summed E-state index contributed by atoms with van der Waals surface area (Å²) in [7, 11) is 0. The van der Waals surface area contributed by atoms with Gasteiger partial charge in [0.05, 0.1) is 0 Å². The summed E-state index contributed by atoms with van der Waals surface area (Å²) in [6.07, 6.45) is 4.10. The monoisotopic (exact) mass is 144 g/mol. The third kappa shape index (κ3) is 2.25. The standard InChI is InChI=1S/C7H12O3/c8-7(9)10-6-4-2-1-3-5-6/h6H,1-5H2,(H,8,9). The van der Waals surface area contributed by atoms with E-state index in [1.165, 1.54) is 6.42 Å². The number of carboxylic acid groups (broad SMARTS) is 1. The average molecular weight is 144 g/mol. The van der Waals surface area contributed by atoms with E-state index in [0.717, 1.165) is 25.7 Å². The predicted octanol–water partition coefficient (Wildman–Crippen LogP) is 2.01. The van der Waals surface area contributed by atoms with Crippen molar-refractivity contribution >= 4 is 6.16 Å². The first-order valence-corrected chi connectivity index (χ1v) is 3.68. The van der Waals surface area contributed by atoms with Crippen molar-refractivity contribution in [2.75, 3.05) is 0 Å². The van der Waals surface area contributed by atoms with E-state index in [-0.39, 0.29) is 6.10 Å². The van der Waals surface area contributed by atoms with Crippen LogP contribution in [0.15, 0.2) is 0 Å². The van der Waals surface area contributed by atoms with Crippen LogP contribution < -0.4 is 0 Å². The summed E-state index contributed by atoms with van der Waals surface area (Å²) in [5.74, 6) is 0. The minimum Gasteiger partial charge on any atom is -0.450 e. The Labute approximate surface area is 60.0 Å². The summed E-state index contributed by atoms with van der Waals surface area (Å²) in [4.78, 5) is 10.0. The van der Waals surface area contributed by atoms with Gasteiger partial charge in [-0.3, -0.25) is 0 Å². The van der Waals surface area contributed by atoms with Crippen LogP contribution in [0.5, 0.6) is 0 Å². The van der Waals surface area contributed by atoms with Gasteiger partial charge in [0.1, 0.15) is 6.10 Å². The Morgan fingerprint density at radius 3 is 2.40 bits per heavy atom. The molecule has 0 aromatic carbocycles. The molecule has 0 aromatic rings. The molecule has 3 nitrogen and oxygen atoms in total. The minimum absolute atomic E-state index is 0.0220. The number of hydrogen-bond acceptors (Lipinski definition) is 2. The van der Waals surface area contributed by atoms with Crippen LogP contribution in [0, 0.1) is 0 Å². The highest BCUT2D eigenvalue weighted by molar-refractivity contribution is 5.57. The van der Waals surface area contributed by atoms with Crippen molar-refractivity contribution in [3.8, 4) is 0 Å². The van der Waals surface area contributed by atoms with E-state index in [9.17, 15) is 4.79 Å². The topological polar surface area (TPSA) is 46.5 Å². The average Bonchev–Trinajstić information content (AvgIpc) is 1.88. The van der Waals surface area contributed by atoms with E-state index < -0.39 is 6.16 Å². The van der Waals surface area contributed by atoms with Gasteiger partial charge >= 0.3 is 6.16 Å². The van der Waals surface area contributed by atoms with Gasteiger partial charge in [-0.05, 0) is 25.7 Å². The van der Waals surface area contributed by atoms with Crippen molar-refractivity contribution in [1.29, 1.82) is 0 Å². The molecule has 0 unspecified atom stereocenters. The summed E-state index contributed by atoms with van der Waals surface area (Å²) in [6.45, 7) is 0. The first-order chi connectivity index (χ1) is 4.79. The number of hydrogen-bond donors (Lipinski definition) is 1. The van der Waals surface area contributed by atoms with E-state index in [1.54, 1.807) is 0 Å². The summed E-state index contributed by atoms with van der Waals surface area (Å²) in [5, 5.41) is 8.24. The van der Waals surface area contributed by atoms with Crippen LogP contribution in [0.25, 0.3) is 0 Å². The van der Waals surface area contributed by atoms with Crippen LogP contribution in [-0.2, 0) is 4.74 Å². The zero-order chi connectivity index (χ0) is 7.40. The van der Waals surface area contributed by atoms with Gasteiger partial charge in [-0.1, -0.05) is 6.42 Å². The second-order valence-corrected chi connectivity index (χ2v) is 2.64. The molecule has 1 aliphatic carbocycles. The molecule has 3 heteroatoms. The maximum absolute atomic E-state index is 10.0. The molecule has 0 saturated heterocycles. The molecular weight excluding hydrogens is 132 g/mol. The van der Waals surface area contributed by atoms with Crippen molar-refractivity contribution < 1.29 is 14.6 Å². The summed E-state index contributed by atoms with van der Waals surface area (Å²) < 4.78 is 4.61. The maximum atomic E-state index is 10.0. The molecule has 0 spiro atoms. The maximum Gasteiger partial charge on any atom is 0.506 e. The van der Waals surface area contributed by atoms with Crippen molar-refractivity contribution in [1.82, 2.24) is 0 Å². The van der Waals surface area contributed by atoms with Crippen molar-refractivity contribution in [3.05, 3.63) is 0 Å². The first-order valence-electron chi connectivity index (χ1n) is 3.68. The lowest BCUT2D eigenvalue weighted by atomic mass is 9.98. The lowest BCUT2D eigenvalue weighted by molar-refractivity contribution is 0.0358. The number of ether oxygens (including phenoxy) is 1. The van der Waals surface area contributed by atoms with Gasteiger partial charge in [0.15, 0.2) is 0 Å². The highest BCUT2D eigenvalue weighted by Gasteiger charge is 2.16. The molecule has 0 aliphatic heterocycles. The molecule has 0 heterocycles. The first kappa shape index (κ1) is 7.38. The van der Waals surface area contributed by atoms with Gasteiger partial charge in [-0.25, -0.2) is 4.79 Å². The zero-order valence-corrected chi connectivity index (χ0v) is 5.88. The van der Waals surface area contributed by atoms with Crippen LogP contribution in [0.4, 0.5) is 4.79 Å². The Hall–Kier alpha value is -0.730. The lowest BCUT2D eigenvalue weighted by Gasteiger charge is -2.19. The molecule has 0 bridgehead atoms. The Bertz CT molecular complexity index is 116. The molecular formula is C7H12O3. The van der Waals surface area contributed by atoms with Crippen LogP contribution >= 0.6 is 0 Å². The highest BCUT2D eigenvalue weighted by Crippen LogP contribution is 2.19. The fourth-order valence-corrected chi connectivity index (χ4v) is 1.33. The van der Waals surface area contributed by atoms with E-state index >= 15 is 0 Å². The SMILES string of the molecule is O=C(O)OC1CCCCC1. The van der Waals surface area contributed by atoms with Crippen molar-refractivity contribution in [2.24, 2.45) is 0 Å². The van der Waals surface area contributed by atoms with Gasteiger partial charge in [-0.2, -0.15) is 0 Å². The third-order valence-electron chi connectivity index (χ3n) is 1.82. The van der Waals surface area contributed by atoms with E-state index in [2.05, 4.69) is 4.74 Å². The third-order valence-corrected chi connectivity index (χ3v) is 1.82. The smallest absolute Gasteiger partial charge is 0.450 e. The van der Waals surface area contributed by atoms with Gasteiger partial charge in [0, 0.05) is 0 Å². The minimum atomic E-state index is -1.13. The lowest BCUT2D eigenvalue weighted by Crippen LogP contribution is -2.19. The normalized spacial score (nSPS) is 20.4. The molecule has 0 atom stereocenters. The van der Waals surface area contributed by atoms with Crippen LogP contribution in [0.3, 0.4) is 0 Å². The quantitative estimate of drug-likeness (QED) is 0.572. The summed E-state index contributed by atoms with van der Waals surface area (Å²) in [5.41, 5.74) is 0. The Morgan fingerprint density at radius 2 is 1.90 bits per heavy atom. The van der Waals surface area contributed by atoms with Gasteiger partial charge in [-0.15, -0.1) is 0 Å². The fraction of sp³-hybridized carbons (Fsp3) is 0.857. The second-order valence-electron chi connectivity index (χ2n) is 2.64. The van der Waals surface area contributed by atoms with Crippen molar-refractivity contribution in [2.45, 2.75) is 38.2 Å². The fourth-order valence-electron chi connectivity index (χ4n) is 1.33. The molecule has 58 valence electrons. The molecule has 1 saturated carbocycles. The summed E-state index contributed by atoms with van der Waals surface area (Å²) in [6, 6.07) is 0. The zero-order valence-electron chi connectivity index (χ0n) is 5.88. The Kier molecular flexibility index (Phi) is 2.54. The molecule has 1 aliphatic rings. The van der Waals surface area contributed by atoms with Crippen LogP contribution in [0.2, 0.25) is 0 Å². The van der Waals surface area contributed by atoms with Gasteiger partial charge in [0.2, 0.25) is 0 Å². The van der Waals surface area contributed by atoms with Crippen molar-refractivity contribution in [3.63, 3.8) is 0 Å². The number of carbonyl (C=O) groups is 1. The molecule has 1 fully saturated rings. The van der Waals surface area contributed by atoms with E-state index in [1.807, 2.05) is 0 Å². The van der Waals surface area contributed by atoms with Gasteiger partial charge in [0.25, 0.3) is 0 Å². The van der Waals surface area contributed by atoms with Crippen LogP contribution in [0.1, 0.15) is 32.1 Å². The molecule has 1 rings (SSSR count). The van der Waals surface area contributed by atoms with E-state index in [0.29, 0.717) is 0 Å². The highest BCUT2D eigenvalue weighted by atomic mass is 16.7. The molecule has 0 radical (unpaired) electrons. The Balaban J connectivity index is 2.19. The largest absolute Gasteiger partial charge is 0.506 e.